The van der Waals surface area contributed by atoms with Crippen LogP contribution in [0.15, 0.2) is 52.4 Å². The predicted octanol–water partition coefficient (Wildman–Crippen LogP) is 2.01. The lowest BCUT2D eigenvalue weighted by molar-refractivity contribution is -0.116. The lowest BCUT2D eigenvalue weighted by Gasteiger charge is -2.18. The Morgan fingerprint density at radius 1 is 1.46 bits per heavy atom. The first-order valence-electron chi connectivity index (χ1n) is 7.24. The number of aromatic amines is 1. The van der Waals surface area contributed by atoms with Crippen molar-refractivity contribution in [3.63, 3.8) is 0 Å². The average molecular weight is 392 g/mol. The number of hydrogen-bond donors (Lipinski definition) is 3. The topological polar surface area (TPSA) is 90.1 Å². The highest BCUT2D eigenvalue weighted by Crippen LogP contribution is 2.21. The number of aromatic nitrogens is 2. The molecular weight excluding hydrogens is 374 g/mol. The summed E-state index contributed by atoms with van der Waals surface area (Å²) < 4.78 is 0.774. The Kier molecular flexibility index (Phi) is 6.14. The molecule has 0 saturated carbocycles. The molecule has 0 spiro atoms. The smallest absolute Gasteiger partial charge is 0.271 e. The summed E-state index contributed by atoms with van der Waals surface area (Å²) in [6.07, 6.45) is 2.81. The zero-order valence-electron chi connectivity index (χ0n) is 13.2. The lowest BCUT2D eigenvalue weighted by atomic mass is 10.3. The van der Waals surface area contributed by atoms with Crippen LogP contribution < -0.4 is 21.1 Å². The number of rotatable bonds is 7. The number of carbonyl (C=O) groups excluding carboxylic acids is 1. The summed E-state index contributed by atoms with van der Waals surface area (Å²) in [4.78, 5) is 31.9. The maximum absolute atomic E-state index is 12.0. The first-order valence-corrected chi connectivity index (χ1v) is 8.03. The van der Waals surface area contributed by atoms with Crippen LogP contribution in [0.2, 0.25) is 0 Å². The predicted molar refractivity (Wildman–Crippen MR) is 98.8 cm³/mol. The summed E-state index contributed by atoms with van der Waals surface area (Å²) in [5.74, 6) is 1.06. The van der Waals surface area contributed by atoms with E-state index in [0.717, 1.165) is 4.47 Å². The van der Waals surface area contributed by atoms with Crippen LogP contribution in [0.5, 0.6) is 0 Å². The van der Waals surface area contributed by atoms with E-state index in [0.29, 0.717) is 30.4 Å². The third kappa shape index (κ3) is 4.69. The summed E-state index contributed by atoms with van der Waals surface area (Å²) in [6.45, 7) is 4.37. The van der Waals surface area contributed by atoms with E-state index in [2.05, 4.69) is 43.1 Å². The standard InChI is InChI=1S/C16H18BrN5O2/c1-3-15(23)19-8-7-18-13-5-4-6-14(21-13)22(2)12-9-11(17)10-20-16(12)24/h3-6,9-10H,1,7-8H2,2H3,(H,18,21)(H,19,23)(H,20,24). The number of nitrogens with one attached hydrogen (secondary N) is 3. The van der Waals surface area contributed by atoms with Gasteiger partial charge >= 0.3 is 0 Å². The minimum atomic E-state index is -0.216. The number of carbonyl (C=O) groups is 1. The van der Waals surface area contributed by atoms with Crippen LogP contribution in [-0.4, -0.2) is 36.0 Å². The van der Waals surface area contributed by atoms with Gasteiger partial charge in [-0.05, 0) is 40.2 Å². The molecule has 2 rings (SSSR count). The SMILES string of the molecule is C=CC(=O)NCCNc1cccc(N(C)c2cc(Br)c[nH]c2=O)n1. The van der Waals surface area contributed by atoms with Crippen LogP contribution in [0.3, 0.4) is 0 Å². The Morgan fingerprint density at radius 3 is 3.00 bits per heavy atom. The molecule has 0 fully saturated rings. The maximum Gasteiger partial charge on any atom is 0.271 e. The van der Waals surface area contributed by atoms with Gasteiger partial charge < -0.3 is 20.5 Å². The minimum absolute atomic E-state index is 0.201. The van der Waals surface area contributed by atoms with Crippen molar-refractivity contribution in [2.45, 2.75) is 0 Å². The highest BCUT2D eigenvalue weighted by molar-refractivity contribution is 9.10. The van der Waals surface area contributed by atoms with Crippen molar-refractivity contribution < 1.29 is 4.79 Å². The quantitative estimate of drug-likeness (QED) is 0.496. The van der Waals surface area contributed by atoms with Crippen molar-refractivity contribution in [3.8, 4) is 0 Å². The second-order valence-electron chi connectivity index (χ2n) is 4.89. The van der Waals surface area contributed by atoms with Gasteiger partial charge in [0.05, 0.1) is 0 Å². The van der Waals surface area contributed by atoms with Crippen LogP contribution in [0.25, 0.3) is 0 Å². The molecule has 0 aromatic carbocycles. The molecule has 24 heavy (non-hydrogen) atoms. The Bertz CT molecular complexity index is 790. The third-order valence-corrected chi connectivity index (χ3v) is 3.66. The fraction of sp³-hybridized carbons (Fsp3) is 0.188. The van der Waals surface area contributed by atoms with Gasteiger partial charge in [0, 0.05) is 30.8 Å². The molecule has 0 saturated heterocycles. The molecule has 7 nitrogen and oxygen atoms in total. The first kappa shape index (κ1) is 17.7. The van der Waals surface area contributed by atoms with Crippen LogP contribution in [0.4, 0.5) is 17.3 Å². The largest absolute Gasteiger partial charge is 0.368 e. The summed E-state index contributed by atoms with van der Waals surface area (Å²) in [7, 11) is 1.77. The van der Waals surface area contributed by atoms with E-state index in [1.54, 1.807) is 24.2 Å². The van der Waals surface area contributed by atoms with Crippen LogP contribution >= 0.6 is 15.9 Å². The molecule has 0 aliphatic rings. The summed E-state index contributed by atoms with van der Waals surface area (Å²) >= 11 is 3.34. The van der Waals surface area contributed by atoms with Crippen LogP contribution in [0.1, 0.15) is 0 Å². The van der Waals surface area contributed by atoms with Gasteiger partial charge in [-0.3, -0.25) is 9.59 Å². The van der Waals surface area contributed by atoms with Crippen molar-refractivity contribution in [3.05, 3.63) is 57.9 Å². The van der Waals surface area contributed by atoms with Crippen molar-refractivity contribution in [2.75, 3.05) is 30.4 Å². The zero-order chi connectivity index (χ0) is 17.5. The fourth-order valence-corrected chi connectivity index (χ4v) is 2.31. The van der Waals surface area contributed by atoms with Crippen molar-refractivity contribution in [1.82, 2.24) is 15.3 Å². The lowest BCUT2D eigenvalue weighted by Crippen LogP contribution is -2.27. The van der Waals surface area contributed by atoms with Gasteiger partial charge in [-0.25, -0.2) is 4.98 Å². The second-order valence-corrected chi connectivity index (χ2v) is 5.81. The molecule has 0 aliphatic heterocycles. The van der Waals surface area contributed by atoms with Gasteiger partial charge in [0.1, 0.15) is 17.3 Å². The van der Waals surface area contributed by atoms with Crippen LogP contribution in [-0.2, 0) is 4.79 Å². The van der Waals surface area contributed by atoms with Gasteiger partial charge in [-0.1, -0.05) is 12.6 Å². The fourth-order valence-electron chi connectivity index (χ4n) is 1.98. The van der Waals surface area contributed by atoms with Gasteiger partial charge in [0.25, 0.3) is 5.56 Å². The van der Waals surface area contributed by atoms with E-state index in [9.17, 15) is 9.59 Å². The molecule has 2 aromatic rings. The summed E-state index contributed by atoms with van der Waals surface area (Å²) in [5, 5.41) is 5.79. The normalized spacial score (nSPS) is 10.1. The van der Waals surface area contributed by atoms with Gasteiger partial charge in [0.15, 0.2) is 0 Å². The molecule has 0 radical (unpaired) electrons. The number of amides is 1. The Balaban J connectivity index is 2.06. The molecule has 126 valence electrons. The Hall–Kier alpha value is -2.61. The summed E-state index contributed by atoms with van der Waals surface area (Å²) in [5.41, 5.74) is 0.278. The molecule has 2 heterocycles. The monoisotopic (exact) mass is 391 g/mol. The molecule has 8 heteroatoms. The van der Waals surface area contributed by atoms with E-state index in [1.807, 2.05) is 18.2 Å². The number of nitrogens with zero attached hydrogens (tertiary/aromatic N) is 2. The summed E-state index contributed by atoms with van der Waals surface area (Å²) in [6, 6.07) is 7.20. The van der Waals surface area contributed by atoms with Crippen molar-refractivity contribution in [1.29, 1.82) is 0 Å². The molecule has 0 atom stereocenters. The molecular formula is C16H18BrN5O2. The average Bonchev–Trinajstić information content (AvgIpc) is 2.60. The molecule has 0 unspecified atom stereocenters. The highest BCUT2D eigenvalue weighted by Gasteiger charge is 2.10. The zero-order valence-corrected chi connectivity index (χ0v) is 14.8. The highest BCUT2D eigenvalue weighted by atomic mass is 79.9. The number of anilines is 3. The van der Waals surface area contributed by atoms with Gasteiger partial charge in [-0.2, -0.15) is 0 Å². The number of hydrogen-bond acceptors (Lipinski definition) is 5. The van der Waals surface area contributed by atoms with E-state index >= 15 is 0 Å². The maximum atomic E-state index is 12.0. The van der Waals surface area contributed by atoms with Crippen molar-refractivity contribution >= 4 is 39.2 Å². The van der Waals surface area contributed by atoms with Gasteiger partial charge in [0.2, 0.25) is 5.91 Å². The molecule has 3 N–H and O–H groups in total. The number of halogens is 1. The van der Waals surface area contributed by atoms with Gasteiger partial charge in [-0.15, -0.1) is 0 Å². The number of pyridine rings is 2. The minimum Gasteiger partial charge on any atom is -0.368 e. The molecule has 0 aliphatic carbocycles. The van der Waals surface area contributed by atoms with E-state index in [-0.39, 0.29) is 11.5 Å². The molecule has 0 bridgehead atoms. The van der Waals surface area contributed by atoms with Crippen LogP contribution in [0, 0.1) is 0 Å². The Labute approximate surface area is 147 Å². The first-order chi connectivity index (χ1) is 11.5. The van der Waals surface area contributed by atoms with Crippen molar-refractivity contribution in [2.24, 2.45) is 0 Å². The van der Waals surface area contributed by atoms with E-state index < -0.39 is 0 Å². The third-order valence-electron chi connectivity index (χ3n) is 3.20. The molecule has 2 aromatic heterocycles. The van der Waals surface area contributed by atoms with E-state index in [4.69, 9.17) is 0 Å². The molecule has 1 amide bonds. The number of H-pyrrole nitrogens is 1. The van der Waals surface area contributed by atoms with E-state index in [1.165, 1.54) is 6.08 Å². The second kappa shape index (κ2) is 8.30. The Morgan fingerprint density at radius 2 is 2.25 bits per heavy atom.